The monoisotopic (exact) mass is 927 g/mol. The van der Waals surface area contributed by atoms with Crippen molar-refractivity contribution in [3.63, 3.8) is 0 Å². The van der Waals surface area contributed by atoms with Gasteiger partial charge in [0, 0.05) is 38.4 Å². The second kappa shape index (κ2) is 17.8. The van der Waals surface area contributed by atoms with Crippen molar-refractivity contribution in [2.75, 3.05) is 0 Å². The summed E-state index contributed by atoms with van der Waals surface area (Å²) in [6.07, 6.45) is 0. The van der Waals surface area contributed by atoms with E-state index in [1.165, 1.54) is 49.4 Å². The highest BCUT2D eigenvalue weighted by Crippen LogP contribution is 2.43. The maximum Gasteiger partial charge on any atom is 0.238 e. The van der Waals surface area contributed by atoms with Gasteiger partial charge in [0.1, 0.15) is 39.2 Å². The van der Waals surface area contributed by atoms with Gasteiger partial charge < -0.3 is 4.57 Å². The molecule has 0 unspecified atom stereocenters. The Kier molecular flexibility index (Phi) is 10.7. The average Bonchev–Trinajstić information content (AvgIpc) is 3.99. The lowest BCUT2D eigenvalue weighted by Crippen LogP contribution is -2.55. The number of aromatic nitrogens is 5. The highest BCUT2D eigenvalue weighted by Gasteiger charge is 2.25. The van der Waals surface area contributed by atoms with E-state index in [0.717, 1.165) is 82.9 Å². The molecule has 0 fully saturated rings. The molecule has 3 aromatic heterocycles. The van der Waals surface area contributed by atoms with E-state index >= 15 is 0 Å². The van der Waals surface area contributed by atoms with Gasteiger partial charge in [-0.3, -0.25) is 4.57 Å². The smallest absolute Gasteiger partial charge is 0.238 e. The van der Waals surface area contributed by atoms with Gasteiger partial charge in [-0.1, -0.05) is 199 Å². The zero-order chi connectivity index (χ0) is 49.3. The van der Waals surface area contributed by atoms with Crippen LogP contribution < -0.4 is 27.3 Å². The summed E-state index contributed by atoms with van der Waals surface area (Å²) in [4.78, 5) is 16.2. The van der Waals surface area contributed by atoms with Crippen LogP contribution in [0.2, 0.25) is 0 Å². The minimum absolute atomic E-state index is 0.547. The third-order valence-corrected chi connectivity index (χ3v) is 15.4. The van der Waals surface area contributed by atoms with E-state index < -0.39 is 0 Å². The molecule has 3 heterocycles. The molecule has 0 N–H and O–H groups in total. The lowest BCUT2D eigenvalue weighted by Gasteiger charge is -2.22. The SMILES string of the molecule is Bc1c(B)c(B)c(-c2cc(-c3ccccc3)cc(-n3c4ccccc4c4ccc5c6ccccc6n(-c6nc(-c7ccc(-c8ccccc8)cc7)nc(-c7ccc(-c8ccccc8)cc7)n6)c5c43)c2)c(B)c1B. The molecule has 73 heavy (non-hydrogen) atoms. The molecule has 0 aliphatic rings. The fourth-order valence-corrected chi connectivity index (χ4v) is 11.2. The summed E-state index contributed by atoms with van der Waals surface area (Å²) < 4.78 is 4.78. The molecule has 0 saturated carbocycles. The van der Waals surface area contributed by atoms with Crippen LogP contribution >= 0.6 is 0 Å². The molecule has 0 amide bonds. The van der Waals surface area contributed by atoms with Gasteiger partial charge in [-0.05, 0) is 74.8 Å². The van der Waals surface area contributed by atoms with E-state index in [1.54, 1.807) is 0 Å². The van der Waals surface area contributed by atoms with Gasteiger partial charge in [0.05, 0.1) is 22.1 Å². The summed E-state index contributed by atoms with van der Waals surface area (Å²) in [5, 5.41) is 4.56. The normalized spacial score (nSPS) is 11.6. The first-order valence-electron chi connectivity index (χ1n) is 25.1. The standard InChI is InChI=1S/C63H46B5N5/c64-54-53(55(65)57(67)58(68)56(54)66)45-34-44(39-18-8-3-9-19-39)35-46(36-45)72-51-22-12-10-20-47(51)49-32-33-50-48-21-11-13-23-52(48)73(60(50)59(49)72)63-70-61(42-28-24-40(25-29-42)37-14-4-1-5-15-37)69-62(71-63)43-30-26-41(27-31-43)38-16-6-2-7-17-38/h1-36H,64-68H2. The summed E-state index contributed by atoms with van der Waals surface area (Å²) in [7, 11) is 11.4. The Morgan fingerprint density at radius 3 is 1.14 bits per heavy atom. The summed E-state index contributed by atoms with van der Waals surface area (Å²) >= 11 is 0. The highest BCUT2D eigenvalue weighted by atomic mass is 15.2. The minimum Gasteiger partial charge on any atom is -0.307 e. The number of hydrogen-bond donors (Lipinski definition) is 0. The first-order chi connectivity index (χ1) is 35.8. The third-order valence-electron chi connectivity index (χ3n) is 15.4. The van der Waals surface area contributed by atoms with Crippen molar-refractivity contribution in [2.45, 2.75) is 0 Å². The summed E-state index contributed by atoms with van der Waals surface area (Å²) in [5.74, 6) is 1.74. The molecule has 0 saturated heterocycles. The Hall–Kier alpha value is -8.87. The summed E-state index contributed by atoms with van der Waals surface area (Å²) in [6, 6.07) is 78.1. The Bertz CT molecular complexity index is 4160. The second-order valence-corrected chi connectivity index (χ2v) is 19.4. The number of fused-ring (bicyclic) bond motifs is 7. The Balaban J connectivity index is 1.11. The Labute approximate surface area is 429 Å². The van der Waals surface area contributed by atoms with Crippen LogP contribution in [-0.2, 0) is 0 Å². The Morgan fingerprint density at radius 1 is 0.274 bits per heavy atom. The van der Waals surface area contributed by atoms with Crippen LogP contribution in [0, 0.1) is 0 Å². The van der Waals surface area contributed by atoms with Crippen LogP contribution in [0.3, 0.4) is 0 Å². The number of hydrogen-bond acceptors (Lipinski definition) is 3. The molecule has 0 atom stereocenters. The van der Waals surface area contributed by atoms with Gasteiger partial charge >= 0.3 is 0 Å². The van der Waals surface area contributed by atoms with Gasteiger partial charge in [-0.15, -0.1) is 16.4 Å². The first-order valence-corrected chi connectivity index (χ1v) is 25.1. The molecular formula is C63H46B5N5. The topological polar surface area (TPSA) is 48.5 Å². The van der Waals surface area contributed by atoms with E-state index in [1.807, 2.05) is 12.1 Å². The van der Waals surface area contributed by atoms with Crippen molar-refractivity contribution in [3.8, 4) is 78.9 Å². The maximum atomic E-state index is 5.48. The zero-order valence-corrected chi connectivity index (χ0v) is 41.5. The molecule has 10 heteroatoms. The van der Waals surface area contributed by atoms with Gasteiger partial charge in [-0.25, -0.2) is 4.98 Å². The molecule has 0 aliphatic heterocycles. The quantitative estimate of drug-likeness (QED) is 0.150. The average molecular weight is 927 g/mol. The Morgan fingerprint density at radius 2 is 0.644 bits per heavy atom. The maximum absolute atomic E-state index is 5.48. The molecule has 10 aromatic carbocycles. The van der Waals surface area contributed by atoms with E-state index in [0.29, 0.717) is 17.6 Å². The van der Waals surface area contributed by atoms with Crippen molar-refractivity contribution in [1.82, 2.24) is 24.1 Å². The van der Waals surface area contributed by atoms with E-state index in [9.17, 15) is 0 Å². The molecule has 0 spiro atoms. The van der Waals surface area contributed by atoms with Crippen LogP contribution in [0.5, 0.6) is 0 Å². The van der Waals surface area contributed by atoms with E-state index in [4.69, 9.17) is 15.0 Å². The van der Waals surface area contributed by atoms with E-state index in [-0.39, 0.29) is 0 Å². The minimum atomic E-state index is 0.547. The van der Waals surface area contributed by atoms with Gasteiger partial charge in [-0.2, -0.15) is 9.97 Å². The first kappa shape index (κ1) is 44.1. The molecule has 13 rings (SSSR count). The van der Waals surface area contributed by atoms with E-state index in [2.05, 4.69) is 255 Å². The van der Waals surface area contributed by atoms with Gasteiger partial charge in [0.25, 0.3) is 0 Å². The van der Waals surface area contributed by atoms with Crippen LogP contribution in [0.1, 0.15) is 0 Å². The number of rotatable bonds is 8. The van der Waals surface area contributed by atoms with Crippen LogP contribution in [0.25, 0.3) is 123 Å². The number of para-hydroxylation sites is 2. The molecule has 0 radical (unpaired) electrons. The number of benzene rings is 10. The molecule has 0 bridgehead atoms. The molecule has 338 valence electrons. The predicted octanol–water partition coefficient (Wildman–Crippen LogP) is 7.36. The van der Waals surface area contributed by atoms with Crippen molar-refractivity contribution in [2.24, 2.45) is 0 Å². The molecular weight excluding hydrogens is 881 g/mol. The van der Waals surface area contributed by atoms with Crippen molar-refractivity contribution < 1.29 is 0 Å². The number of nitrogens with zero attached hydrogens (tertiary/aromatic N) is 5. The fourth-order valence-electron chi connectivity index (χ4n) is 11.2. The van der Waals surface area contributed by atoms with Gasteiger partial charge in [0.15, 0.2) is 11.6 Å². The highest BCUT2D eigenvalue weighted by molar-refractivity contribution is 6.68. The molecule has 5 nitrogen and oxygen atoms in total. The zero-order valence-electron chi connectivity index (χ0n) is 41.5. The van der Waals surface area contributed by atoms with Crippen LogP contribution in [0.4, 0.5) is 0 Å². The fraction of sp³-hybridized carbons (Fsp3) is 0. The van der Waals surface area contributed by atoms with Gasteiger partial charge in [0.2, 0.25) is 5.95 Å². The van der Waals surface area contributed by atoms with Crippen LogP contribution in [0.15, 0.2) is 218 Å². The van der Waals surface area contributed by atoms with Crippen molar-refractivity contribution in [3.05, 3.63) is 218 Å². The molecule has 0 aliphatic carbocycles. The van der Waals surface area contributed by atoms with Crippen LogP contribution in [-0.4, -0.2) is 63.3 Å². The lowest BCUT2D eigenvalue weighted by molar-refractivity contribution is 0.953. The largest absolute Gasteiger partial charge is 0.307 e. The molecule has 13 aromatic rings. The summed E-state index contributed by atoms with van der Waals surface area (Å²) in [6.45, 7) is 0. The predicted molar refractivity (Wildman–Crippen MR) is 322 cm³/mol. The summed E-state index contributed by atoms with van der Waals surface area (Å²) in [5.41, 5.74) is 23.2. The second-order valence-electron chi connectivity index (χ2n) is 19.4. The van der Waals surface area contributed by atoms with Crippen molar-refractivity contribution >= 4 is 110 Å². The third kappa shape index (κ3) is 7.44. The lowest BCUT2D eigenvalue weighted by atomic mass is 9.59. The van der Waals surface area contributed by atoms with Crippen molar-refractivity contribution in [1.29, 1.82) is 0 Å².